The van der Waals surface area contributed by atoms with E-state index in [0.717, 1.165) is 18.7 Å². The van der Waals surface area contributed by atoms with Gasteiger partial charge in [0.1, 0.15) is 5.75 Å². The summed E-state index contributed by atoms with van der Waals surface area (Å²) in [4.78, 5) is 0. The zero-order chi connectivity index (χ0) is 13.0. The first-order chi connectivity index (χ1) is 8.77. The van der Waals surface area contributed by atoms with E-state index in [2.05, 4.69) is 55.6 Å². The first-order valence-electron chi connectivity index (χ1n) is 6.57. The molecule has 2 heteroatoms. The second-order valence-corrected chi connectivity index (χ2v) is 4.58. The summed E-state index contributed by atoms with van der Waals surface area (Å²) in [6.07, 6.45) is 1.15. The molecule has 0 heterocycles. The third kappa shape index (κ3) is 2.49. The highest BCUT2D eigenvalue weighted by atomic mass is 16.5. The van der Waals surface area contributed by atoms with Gasteiger partial charge in [-0.25, -0.2) is 0 Å². The van der Waals surface area contributed by atoms with Crippen molar-refractivity contribution in [2.24, 2.45) is 0 Å². The summed E-state index contributed by atoms with van der Waals surface area (Å²) >= 11 is 0. The Morgan fingerprint density at radius 2 is 1.83 bits per heavy atom. The van der Waals surface area contributed by atoms with Crippen molar-refractivity contribution in [1.82, 2.24) is 5.32 Å². The first kappa shape index (κ1) is 12.9. The van der Waals surface area contributed by atoms with Crippen LogP contribution in [0.15, 0.2) is 36.4 Å². The Morgan fingerprint density at radius 1 is 1.11 bits per heavy atom. The maximum Gasteiger partial charge on any atom is 0.126 e. The largest absolute Gasteiger partial charge is 0.496 e. The summed E-state index contributed by atoms with van der Waals surface area (Å²) < 4.78 is 5.42. The molecule has 1 unspecified atom stereocenters. The fourth-order valence-corrected chi connectivity index (χ4v) is 2.32. The molecular formula is C16H21NO. The summed E-state index contributed by atoms with van der Waals surface area (Å²) in [5, 5.41) is 5.99. The minimum absolute atomic E-state index is 0.362. The van der Waals surface area contributed by atoms with Crippen LogP contribution in [0, 0.1) is 0 Å². The van der Waals surface area contributed by atoms with Crippen LogP contribution in [0.5, 0.6) is 5.75 Å². The topological polar surface area (TPSA) is 21.3 Å². The van der Waals surface area contributed by atoms with E-state index < -0.39 is 0 Å². The van der Waals surface area contributed by atoms with Gasteiger partial charge in [-0.1, -0.05) is 37.3 Å². The Hall–Kier alpha value is -1.54. The molecule has 18 heavy (non-hydrogen) atoms. The standard InChI is InChI=1S/C16H21NO/c1-4-11-17-12(2)13-9-10-16(18-3)15-8-6-5-7-14(13)15/h5-10,12,17H,4,11H2,1-3H3. The van der Waals surface area contributed by atoms with Crippen molar-refractivity contribution in [3.8, 4) is 5.75 Å². The highest BCUT2D eigenvalue weighted by molar-refractivity contribution is 5.91. The van der Waals surface area contributed by atoms with Gasteiger partial charge in [0, 0.05) is 11.4 Å². The Kier molecular flexibility index (Phi) is 4.21. The minimum Gasteiger partial charge on any atom is -0.496 e. The van der Waals surface area contributed by atoms with E-state index in [1.165, 1.54) is 16.3 Å². The van der Waals surface area contributed by atoms with E-state index in [9.17, 15) is 0 Å². The Bertz CT molecular complexity index is 521. The lowest BCUT2D eigenvalue weighted by Gasteiger charge is -2.17. The zero-order valence-corrected chi connectivity index (χ0v) is 11.4. The monoisotopic (exact) mass is 243 g/mol. The molecule has 2 aromatic carbocycles. The molecule has 2 nitrogen and oxygen atoms in total. The van der Waals surface area contributed by atoms with Crippen LogP contribution in [-0.2, 0) is 0 Å². The molecule has 0 aliphatic rings. The second-order valence-electron chi connectivity index (χ2n) is 4.58. The summed E-state index contributed by atoms with van der Waals surface area (Å²) in [5.74, 6) is 0.942. The highest BCUT2D eigenvalue weighted by Crippen LogP contribution is 2.31. The predicted octanol–water partition coefficient (Wildman–Crippen LogP) is 3.91. The molecule has 0 aliphatic carbocycles. The molecule has 2 rings (SSSR count). The van der Waals surface area contributed by atoms with Gasteiger partial charge in [0.05, 0.1) is 7.11 Å². The number of hydrogen-bond acceptors (Lipinski definition) is 2. The predicted molar refractivity (Wildman–Crippen MR) is 77.2 cm³/mol. The van der Waals surface area contributed by atoms with Crippen molar-refractivity contribution in [3.05, 3.63) is 42.0 Å². The van der Waals surface area contributed by atoms with Crippen LogP contribution in [0.3, 0.4) is 0 Å². The molecule has 0 bridgehead atoms. The fraction of sp³-hybridized carbons (Fsp3) is 0.375. The normalized spacial score (nSPS) is 12.6. The number of nitrogens with one attached hydrogen (secondary N) is 1. The van der Waals surface area contributed by atoms with Gasteiger partial charge in [0.25, 0.3) is 0 Å². The molecular weight excluding hydrogens is 222 g/mol. The number of benzene rings is 2. The van der Waals surface area contributed by atoms with Crippen LogP contribution < -0.4 is 10.1 Å². The summed E-state index contributed by atoms with van der Waals surface area (Å²) in [5.41, 5.74) is 1.33. The smallest absolute Gasteiger partial charge is 0.126 e. The molecule has 0 saturated heterocycles. The molecule has 0 spiro atoms. The molecule has 0 aliphatic heterocycles. The van der Waals surface area contributed by atoms with Crippen LogP contribution in [-0.4, -0.2) is 13.7 Å². The van der Waals surface area contributed by atoms with Gasteiger partial charge in [-0.2, -0.15) is 0 Å². The second kappa shape index (κ2) is 5.87. The first-order valence-corrected chi connectivity index (χ1v) is 6.57. The quantitative estimate of drug-likeness (QED) is 0.859. The Morgan fingerprint density at radius 3 is 2.50 bits per heavy atom. The maximum atomic E-state index is 5.42. The number of ether oxygens (including phenoxy) is 1. The van der Waals surface area contributed by atoms with Crippen LogP contribution in [0.25, 0.3) is 10.8 Å². The molecule has 1 N–H and O–H groups in total. The molecule has 0 amide bonds. The molecule has 96 valence electrons. The van der Waals surface area contributed by atoms with Crippen LogP contribution in [0.1, 0.15) is 31.9 Å². The van der Waals surface area contributed by atoms with Crippen molar-refractivity contribution in [2.75, 3.05) is 13.7 Å². The highest BCUT2D eigenvalue weighted by Gasteiger charge is 2.10. The number of fused-ring (bicyclic) bond motifs is 1. The van der Waals surface area contributed by atoms with Gasteiger partial charge < -0.3 is 10.1 Å². The van der Waals surface area contributed by atoms with Crippen molar-refractivity contribution in [2.45, 2.75) is 26.3 Å². The van der Waals surface area contributed by atoms with Gasteiger partial charge in [0.2, 0.25) is 0 Å². The molecule has 2 aromatic rings. The molecule has 0 aromatic heterocycles. The molecule has 0 radical (unpaired) electrons. The van der Waals surface area contributed by atoms with E-state index in [1.807, 2.05) is 0 Å². The summed E-state index contributed by atoms with van der Waals surface area (Å²) in [6.45, 7) is 5.44. The van der Waals surface area contributed by atoms with Gasteiger partial charge in [0.15, 0.2) is 0 Å². The average molecular weight is 243 g/mol. The molecule has 0 fully saturated rings. The van der Waals surface area contributed by atoms with Gasteiger partial charge >= 0.3 is 0 Å². The third-order valence-corrected chi connectivity index (χ3v) is 3.30. The van der Waals surface area contributed by atoms with Crippen LogP contribution in [0.2, 0.25) is 0 Å². The lowest BCUT2D eigenvalue weighted by molar-refractivity contribution is 0.419. The summed E-state index contributed by atoms with van der Waals surface area (Å²) in [7, 11) is 1.72. The van der Waals surface area contributed by atoms with Crippen molar-refractivity contribution < 1.29 is 4.74 Å². The van der Waals surface area contributed by atoms with E-state index in [4.69, 9.17) is 4.74 Å². The van der Waals surface area contributed by atoms with Gasteiger partial charge in [-0.3, -0.25) is 0 Å². The average Bonchev–Trinajstić information content (AvgIpc) is 2.43. The Labute approximate surface area is 109 Å². The van der Waals surface area contributed by atoms with Crippen molar-refractivity contribution in [1.29, 1.82) is 0 Å². The van der Waals surface area contributed by atoms with Crippen molar-refractivity contribution >= 4 is 10.8 Å². The van der Waals surface area contributed by atoms with Crippen LogP contribution in [0.4, 0.5) is 0 Å². The summed E-state index contributed by atoms with van der Waals surface area (Å²) in [6, 6.07) is 13.0. The Balaban J connectivity index is 2.45. The van der Waals surface area contributed by atoms with Gasteiger partial charge in [-0.15, -0.1) is 0 Å². The van der Waals surface area contributed by atoms with Crippen LogP contribution >= 0.6 is 0 Å². The van der Waals surface area contributed by atoms with E-state index in [0.29, 0.717) is 6.04 Å². The number of hydrogen-bond donors (Lipinski definition) is 1. The number of rotatable bonds is 5. The zero-order valence-electron chi connectivity index (χ0n) is 11.4. The SMILES string of the molecule is CCCNC(C)c1ccc(OC)c2ccccc12. The van der Waals surface area contributed by atoms with Crippen molar-refractivity contribution in [3.63, 3.8) is 0 Å². The van der Waals surface area contributed by atoms with E-state index in [1.54, 1.807) is 7.11 Å². The lowest BCUT2D eigenvalue weighted by Crippen LogP contribution is -2.19. The van der Waals surface area contributed by atoms with E-state index in [-0.39, 0.29) is 0 Å². The third-order valence-electron chi connectivity index (χ3n) is 3.30. The molecule has 1 atom stereocenters. The molecule has 0 saturated carbocycles. The van der Waals surface area contributed by atoms with Gasteiger partial charge in [-0.05, 0) is 36.9 Å². The number of methoxy groups -OCH3 is 1. The minimum atomic E-state index is 0.362. The lowest BCUT2D eigenvalue weighted by atomic mass is 9.99. The maximum absolute atomic E-state index is 5.42. The van der Waals surface area contributed by atoms with E-state index >= 15 is 0 Å². The fourth-order valence-electron chi connectivity index (χ4n) is 2.32.